The number of fused-ring (bicyclic) bond motifs is 1. The van der Waals surface area contributed by atoms with Gasteiger partial charge in [-0.05, 0) is 47.7 Å². The minimum absolute atomic E-state index is 0.0276. The number of thiazole rings is 1. The van der Waals surface area contributed by atoms with Crippen molar-refractivity contribution < 1.29 is 19.1 Å². The number of carbonyl (C=O) groups excluding carboxylic acids is 2. The minimum Gasteiger partial charge on any atom is -0.508 e. The number of hydrogen-bond acceptors (Lipinski definition) is 5. The molecule has 2 N–H and O–H groups in total. The molecule has 3 aromatic rings. The van der Waals surface area contributed by atoms with Crippen molar-refractivity contribution in [2.24, 2.45) is 0 Å². The van der Waals surface area contributed by atoms with E-state index in [4.69, 9.17) is 0 Å². The number of nitrogens with zero attached hydrogens (tertiary/aromatic N) is 2. The largest absolute Gasteiger partial charge is 0.508 e. The van der Waals surface area contributed by atoms with E-state index in [1.807, 2.05) is 18.2 Å². The van der Waals surface area contributed by atoms with Crippen LogP contribution in [0.25, 0.3) is 0 Å². The van der Waals surface area contributed by atoms with Crippen molar-refractivity contribution in [3.8, 4) is 5.75 Å². The smallest absolute Gasteiger partial charge is 0.255 e. The summed E-state index contributed by atoms with van der Waals surface area (Å²) in [6, 6.07) is 7.98. The van der Waals surface area contributed by atoms with E-state index in [-0.39, 0.29) is 23.8 Å². The maximum Gasteiger partial charge on any atom is 0.255 e. The molecule has 0 saturated carbocycles. The Balaban J connectivity index is 1.71. The van der Waals surface area contributed by atoms with Gasteiger partial charge in [0, 0.05) is 29.2 Å². The fraction of sp³-hybridized carbons (Fsp3) is 0.292. The summed E-state index contributed by atoms with van der Waals surface area (Å²) in [4.78, 5) is 32.1. The highest BCUT2D eigenvalue weighted by atomic mass is 32.1. The van der Waals surface area contributed by atoms with E-state index in [2.05, 4.69) is 24.1 Å². The summed E-state index contributed by atoms with van der Waals surface area (Å²) < 4.78 is 14.1. The standard InChI is InChI=1S/C24H24FN3O3S/c1-3-4-14(2)15-5-6-16-13-28(23(31)18(16)11-15)21(19-12-17(25)7-8-20(19)29)22(30)27-24-26-9-10-32-24/h5-12,14,21,29H,3-4,13H2,1-2H3,(H,26,27,30). The van der Waals surface area contributed by atoms with Crippen molar-refractivity contribution >= 4 is 28.3 Å². The van der Waals surface area contributed by atoms with Crippen molar-refractivity contribution in [3.05, 3.63) is 76.0 Å². The molecule has 6 nitrogen and oxygen atoms in total. The number of phenols is 1. The zero-order valence-electron chi connectivity index (χ0n) is 17.8. The highest BCUT2D eigenvalue weighted by Gasteiger charge is 2.39. The normalized spacial score (nSPS) is 14.8. The maximum absolute atomic E-state index is 14.1. The first-order chi connectivity index (χ1) is 15.4. The van der Waals surface area contributed by atoms with Gasteiger partial charge in [-0.3, -0.25) is 14.9 Å². The summed E-state index contributed by atoms with van der Waals surface area (Å²) in [5.41, 5.74) is 2.43. The summed E-state index contributed by atoms with van der Waals surface area (Å²) in [6.45, 7) is 4.42. The number of phenolic OH excluding ortho intramolecular Hbond substituents is 1. The Morgan fingerprint density at radius 3 is 2.84 bits per heavy atom. The van der Waals surface area contributed by atoms with E-state index in [0.29, 0.717) is 16.6 Å². The molecule has 2 heterocycles. The van der Waals surface area contributed by atoms with E-state index in [9.17, 15) is 19.1 Å². The molecule has 0 bridgehead atoms. The van der Waals surface area contributed by atoms with Crippen molar-refractivity contribution in [1.29, 1.82) is 0 Å². The van der Waals surface area contributed by atoms with Gasteiger partial charge in [0.25, 0.3) is 11.8 Å². The first kappa shape index (κ1) is 22.0. The van der Waals surface area contributed by atoms with E-state index >= 15 is 0 Å². The number of carbonyl (C=O) groups is 2. The van der Waals surface area contributed by atoms with E-state index in [1.54, 1.807) is 11.6 Å². The lowest BCUT2D eigenvalue weighted by Crippen LogP contribution is -2.37. The van der Waals surface area contributed by atoms with Crippen LogP contribution in [0.4, 0.5) is 9.52 Å². The predicted octanol–water partition coefficient (Wildman–Crippen LogP) is 5.23. The minimum atomic E-state index is -1.22. The Labute approximate surface area is 189 Å². The van der Waals surface area contributed by atoms with Gasteiger partial charge in [0.15, 0.2) is 5.13 Å². The van der Waals surface area contributed by atoms with Crippen molar-refractivity contribution in [2.75, 3.05) is 5.32 Å². The summed E-state index contributed by atoms with van der Waals surface area (Å²) in [7, 11) is 0. The summed E-state index contributed by atoms with van der Waals surface area (Å²) in [6.07, 6.45) is 3.59. The number of aromatic hydroxyl groups is 1. The molecule has 2 atom stereocenters. The first-order valence-corrected chi connectivity index (χ1v) is 11.4. The molecule has 1 aliphatic heterocycles. The molecule has 0 radical (unpaired) electrons. The summed E-state index contributed by atoms with van der Waals surface area (Å²) in [5.74, 6) is -1.45. The molecular formula is C24H24FN3O3S. The molecule has 2 amide bonds. The third-order valence-electron chi connectivity index (χ3n) is 5.76. The lowest BCUT2D eigenvalue weighted by Gasteiger charge is -2.27. The predicted molar refractivity (Wildman–Crippen MR) is 121 cm³/mol. The molecule has 0 fully saturated rings. The monoisotopic (exact) mass is 453 g/mol. The lowest BCUT2D eigenvalue weighted by molar-refractivity contribution is -0.120. The van der Waals surface area contributed by atoms with Crippen LogP contribution in [0.3, 0.4) is 0 Å². The molecule has 2 unspecified atom stereocenters. The van der Waals surface area contributed by atoms with E-state index in [1.165, 1.54) is 22.3 Å². The van der Waals surface area contributed by atoms with Gasteiger partial charge < -0.3 is 10.0 Å². The topological polar surface area (TPSA) is 82.5 Å². The Hall–Kier alpha value is -3.26. The fourth-order valence-electron chi connectivity index (χ4n) is 4.11. The Morgan fingerprint density at radius 1 is 1.31 bits per heavy atom. The number of halogens is 1. The SMILES string of the molecule is CCCC(C)c1ccc2c(c1)C(=O)N(C(C(=O)Nc1nccs1)c1cc(F)ccc1O)C2. The average Bonchev–Trinajstić information content (AvgIpc) is 3.39. The van der Waals surface area contributed by atoms with Crippen LogP contribution in [-0.2, 0) is 11.3 Å². The van der Waals surface area contributed by atoms with Crippen LogP contribution < -0.4 is 5.32 Å². The van der Waals surface area contributed by atoms with E-state index < -0.39 is 17.8 Å². The van der Waals surface area contributed by atoms with Crippen LogP contribution in [0.5, 0.6) is 5.75 Å². The van der Waals surface area contributed by atoms with Crippen molar-refractivity contribution in [2.45, 2.75) is 45.2 Å². The molecule has 1 aromatic heterocycles. The van der Waals surface area contributed by atoms with Crippen LogP contribution in [0.1, 0.15) is 65.7 Å². The number of hydrogen-bond donors (Lipinski definition) is 2. The highest BCUT2D eigenvalue weighted by molar-refractivity contribution is 7.13. The Morgan fingerprint density at radius 2 is 2.12 bits per heavy atom. The summed E-state index contributed by atoms with van der Waals surface area (Å²) >= 11 is 1.23. The second-order valence-electron chi connectivity index (χ2n) is 7.97. The second kappa shape index (κ2) is 9.08. The first-order valence-electron chi connectivity index (χ1n) is 10.5. The van der Waals surface area contributed by atoms with Crippen molar-refractivity contribution in [1.82, 2.24) is 9.88 Å². The molecule has 1 aliphatic rings. The van der Waals surface area contributed by atoms with Crippen LogP contribution >= 0.6 is 11.3 Å². The van der Waals surface area contributed by atoms with E-state index in [0.717, 1.165) is 36.1 Å². The van der Waals surface area contributed by atoms with Crippen LogP contribution in [0.2, 0.25) is 0 Å². The second-order valence-corrected chi connectivity index (χ2v) is 8.87. The number of nitrogens with one attached hydrogen (secondary N) is 1. The molecule has 0 spiro atoms. The molecule has 2 aromatic carbocycles. The molecule has 8 heteroatoms. The maximum atomic E-state index is 14.1. The molecular weight excluding hydrogens is 429 g/mol. The van der Waals surface area contributed by atoms with Gasteiger partial charge in [0.05, 0.1) is 0 Å². The van der Waals surface area contributed by atoms with Crippen LogP contribution in [0, 0.1) is 5.82 Å². The Bertz CT molecular complexity index is 1150. The highest BCUT2D eigenvalue weighted by Crippen LogP contribution is 2.37. The Kier molecular flexibility index (Phi) is 6.23. The quantitative estimate of drug-likeness (QED) is 0.513. The number of anilines is 1. The third-order valence-corrected chi connectivity index (χ3v) is 6.45. The average molecular weight is 454 g/mol. The lowest BCUT2D eigenvalue weighted by atomic mass is 9.94. The molecule has 0 aliphatic carbocycles. The molecule has 0 saturated heterocycles. The van der Waals surface area contributed by atoms with Gasteiger partial charge in [-0.15, -0.1) is 11.3 Å². The molecule has 4 rings (SSSR count). The van der Waals surface area contributed by atoms with Gasteiger partial charge >= 0.3 is 0 Å². The zero-order valence-corrected chi connectivity index (χ0v) is 18.7. The van der Waals surface area contributed by atoms with Crippen LogP contribution in [0.15, 0.2) is 48.0 Å². The third kappa shape index (κ3) is 4.23. The van der Waals surface area contributed by atoms with Crippen molar-refractivity contribution in [3.63, 3.8) is 0 Å². The summed E-state index contributed by atoms with van der Waals surface area (Å²) in [5, 5.41) is 15.2. The molecule has 32 heavy (non-hydrogen) atoms. The van der Waals surface area contributed by atoms with Crippen LogP contribution in [-0.4, -0.2) is 26.8 Å². The molecule has 166 valence electrons. The zero-order chi connectivity index (χ0) is 22.8. The van der Waals surface area contributed by atoms with Gasteiger partial charge in [-0.25, -0.2) is 9.37 Å². The van der Waals surface area contributed by atoms with Gasteiger partial charge in [-0.2, -0.15) is 0 Å². The number of rotatable bonds is 7. The number of aromatic nitrogens is 1. The fourth-order valence-corrected chi connectivity index (χ4v) is 4.64. The van der Waals surface area contributed by atoms with Gasteiger partial charge in [0.2, 0.25) is 0 Å². The van der Waals surface area contributed by atoms with Gasteiger partial charge in [-0.1, -0.05) is 32.4 Å². The van der Waals surface area contributed by atoms with Gasteiger partial charge in [0.1, 0.15) is 17.6 Å². The number of benzene rings is 2. The number of amides is 2.